The van der Waals surface area contributed by atoms with Gasteiger partial charge >= 0.3 is 0 Å². The fraction of sp³-hybridized carbons (Fsp3) is 0. The van der Waals surface area contributed by atoms with Crippen LogP contribution in [0.5, 0.6) is 11.5 Å². The number of benzene rings is 4. The Morgan fingerprint density at radius 1 is 0.735 bits per heavy atom. The number of aromatic nitrogens is 1. The second kappa shape index (κ2) is 9.99. The highest BCUT2D eigenvalue weighted by Gasteiger charge is 2.10. The van der Waals surface area contributed by atoms with Crippen LogP contribution >= 0.6 is 11.3 Å². The molecule has 4 aromatic carbocycles. The third kappa shape index (κ3) is 4.96. The molecule has 1 heterocycles. The molecule has 0 amide bonds. The van der Waals surface area contributed by atoms with E-state index in [9.17, 15) is 5.26 Å². The summed E-state index contributed by atoms with van der Waals surface area (Å²) in [4.78, 5) is 4.74. The zero-order valence-corrected chi connectivity index (χ0v) is 19.1. The lowest BCUT2D eigenvalue weighted by molar-refractivity contribution is 0.482. The molecule has 162 valence electrons. The number of hydrogen-bond donors (Lipinski definition) is 0. The van der Waals surface area contributed by atoms with Gasteiger partial charge in [0.2, 0.25) is 0 Å². The lowest BCUT2D eigenvalue weighted by Crippen LogP contribution is -1.86. The van der Waals surface area contributed by atoms with Gasteiger partial charge in [-0.05, 0) is 47.0 Å². The number of rotatable bonds is 6. The Kier molecular flexibility index (Phi) is 6.29. The summed E-state index contributed by atoms with van der Waals surface area (Å²) in [6.07, 6.45) is 1.85. The van der Waals surface area contributed by atoms with E-state index in [1.807, 2.05) is 84.3 Å². The number of para-hydroxylation sites is 1. The number of hydrogen-bond acceptors (Lipinski definition) is 4. The molecule has 5 rings (SSSR count). The molecular weight excluding hydrogens is 436 g/mol. The predicted octanol–water partition coefficient (Wildman–Crippen LogP) is 8.33. The Bertz CT molecular complexity index is 1460. The van der Waals surface area contributed by atoms with Crippen molar-refractivity contribution in [2.45, 2.75) is 0 Å². The number of ether oxygens (including phenoxy) is 1. The molecule has 0 aliphatic heterocycles. The molecular formula is C30H20N2OS. The molecule has 0 bridgehead atoms. The fourth-order valence-corrected chi connectivity index (χ4v) is 4.39. The molecule has 0 aliphatic rings. The van der Waals surface area contributed by atoms with Crippen molar-refractivity contribution in [3.63, 3.8) is 0 Å². The van der Waals surface area contributed by atoms with Crippen LogP contribution in [0.25, 0.3) is 34.0 Å². The summed E-state index contributed by atoms with van der Waals surface area (Å²) in [5.41, 5.74) is 5.64. The summed E-state index contributed by atoms with van der Waals surface area (Å²) >= 11 is 1.47. The highest BCUT2D eigenvalue weighted by atomic mass is 32.1. The molecule has 4 heteroatoms. The molecule has 3 nitrogen and oxygen atoms in total. The van der Waals surface area contributed by atoms with Gasteiger partial charge in [0.15, 0.2) is 0 Å². The van der Waals surface area contributed by atoms with Crippen molar-refractivity contribution in [2.75, 3.05) is 0 Å². The summed E-state index contributed by atoms with van der Waals surface area (Å²) in [6, 6.07) is 38.2. The third-order valence-corrected chi connectivity index (χ3v) is 6.17. The third-order valence-electron chi connectivity index (χ3n) is 5.29. The van der Waals surface area contributed by atoms with Gasteiger partial charge in [0.25, 0.3) is 0 Å². The SMILES string of the molecule is N#C/C(=C/c1cccc(Oc2ccccc2)c1)c1nc(-c2ccc(-c3ccccc3)cc2)cs1. The lowest BCUT2D eigenvalue weighted by Gasteiger charge is -2.06. The average Bonchev–Trinajstić information content (AvgIpc) is 3.39. The number of thiazole rings is 1. The minimum atomic E-state index is 0.522. The van der Waals surface area contributed by atoms with E-state index >= 15 is 0 Å². The topological polar surface area (TPSA) is 45.9 Å². The summed E-state index contributed by atoms with van der Waals surface area (Å²) in [6.45, 7) is 0. The molecule has 1 aromatic heterocycles. The zero-order chi connectivity index (χ0) is 23.2. The first-order valence-electron chi connectivity index (χ1n) is 10.8. The van der Waals surface area contributed by atoms with Crippen molar-refractivity contribution in [1.82, 2.24) is 4.98 Å². The average molecular weight is 457 g/mol. The van der Waals surface area contributed by atoms with Crippen LogP contribution in [0.2, 0.25) is 0 Å². The Morgan fingerprint density at radius 2 is 1.38 bits per heavy atom. The normalized spacial score (nSPS) is 11.1. The van der Waals surface area contributed by atoms with Crippen molar-refractivity contribution < 1.29 is 4.74 Å². The van der Waals surface area contributed by atoms with E-state index in [1.165, 1.54) is 16.9 Å². The molecule has 0 saturated carbocycles. The molecule has 5 aromatic rings. The van der Waals surface area contributed by atoms with Gasteiger partial charge in [-0.1, -0.05) is 84.9 Å². The van der Waals surface area contributed by atoms with Crippen LogP contribution in [0.4, 0.5) is 0 Å². The van der Waals surface area contributed by atoms with Gasteiger partial charge in [0.1, 0.15) is 22.6 Å². The first-order valence-corrected chi connectivity index (χ1v) is 11.7. The van der Waals surface area contributed by atoms with Gasteiger partial charge in [-0.2, -0.15) is 5.26 Å². The van der Waals surface area contributed by atoms with Crippen LogP contribution in [0.1, 0.15) is 10.6 Å². The molecule has 0 aliphatic carbocycles. The Morgan fingerprint density at radius 3 is 2.12 bits per heavy atom. The van der Waals surface area contributed by atoms with Crippen molar-refractivity contribution in [3.05, 3.63) is 125 Å². The van der Waals surface area contributed by atoms with Crippen LogP contribution in [0, 0.1) is 11.3 Å². The minimum Gasteiger partial charge on any atom is -0.457 e. The molecule has 0 atom stereocenters. The molecule has 0 spiro atoms. The van der Waals surface area contributed by atoms with E-state index < -0.39 is 0 Å². The predicted molar refractivity (Wildman–Crippen MR) is 139 cm³/mol. The standard InChI is InChI=1S/C30H20N2OS/c31-20-26(18-22-8-7-13-28(19-22)33-27-11-5-2-6-12-27)30-32-29(21-34-30)25-16-14-24(15-17-25)23-9-3-1-4-10-23/h1-19,21H/b26-18-. The molecule has 0 saturated heterocycles. The zero-order valence-electron chi connectivity index (χ0n) is 18.3. The van der Waals surface area contributed by atoms with Crippen molar-refractivity contribution >= 4 is 23.0 Å². The first kappa shape index (κ1) is 21.4. The maximum absolute atomic E-state index is 9.80. The fourth-order valence-electron chi connectivity index (χ4n) is 3.60. The van der Waals surface area contributed by atoms with Crippen LogP contribution in [-0.4, -0.2) is 4.98 Å². The highest BCUT2D eigenvalue weighted by Crippen LogP contribution is 2.30. The molecule has 0 unspecified atom stereocenters. The maximum atomic E-state index is 9.80. The van der Waals surface area contributed by atoms with Gasteiger partial charge in [0.05, 0.1) is 11.3 Å². The Labute approximate surface area is 202 Å². The summed E-state index contributed by atoms with van der Waals surface area (Å²) < 4.78 is 5.92. The quantitative estimate of drug-likeness (QED) is 0.241. The molecule has 0 radical (unpaired) electrons. The van der Waals surface area contributed by atoms with E-state index in [1.54, 1.807) is 0 Å². The van der Waals surface area contributed by atoms with Crippen LogP contribution in [0.3, 0.4) is 0 Å². The number of allylic oxidation sites excluding steroid dienone is 1. The van der Waals surface area contributed by atoms with Gasteiger partial charge in [-0.15, -0.1) is 11.3 Å². The summed E-state index contributed by atoms with van der Waals surface area (Å²) in [7, 11) is 0. The number of nitriles is 1. The smallest absolute Gasteiger partial charge is 0.134 e. The van der Waals surface area contributed by atoms with Crippen molar-refractivity contribution in [2.24, 2.45) is 0 Å². The second-order valence-electron chi connectivity index (χ2n) is 7.64. The van der Waals surface area contributed by atoms with Gasteiger partial charge in [-0.25, -0.2) is 4.98 Å². The maximum Gasteiger partial charge on any atom is 0.134 e. The molecule has 0 N–H and O–H groups in total. The van der Waals surface area contributed by atoms with Gasteiger partial charge < -0.3 is 4.74 Å². The Balaban J connectivity index is 1.37. The van der Waals surface area contributed by atoms with E-state index in [0.717, 1.165) is 33.9 Å². The molecule has 0 fully saturated rings. The van der Waals surface area contributed by atoms with E-state index in [2.05, 4.69) is 42.5 Å². The van der Waals surface area contributed by atoms with E-state index in [-0.39, 0.29) is 0 Å². The summed E-state index contributed by atoms with van der Waals surface area (Å²) in [5, 5.41) is 12.5. The van der Waals surface area contributed by atoms with E-state index in [4.69, 9.17) is 9.72 Å². The molecule has 34 heavy (non-hydrogen) atoms. The minimum absolute atomic E-state index is 0.522. The van der Waals surface area contributed by atoms with Crippen molar-refractivity contribution in [3.8, 4) is 40.0 Å². The largest absolute Gasteiger partial charge is 0.457 e. The summed E-state index contributed by atoms with van der Waals surface area (Å²) in [5.74, 6) is 1.49. The van der Waals surface area contributed by atoms with Crippen molar-refractivity contribution in [1.29, 1.82) is 5.26 Å². The highest BCUT2D eigenvalue weighted by molar-refractivity contribution is 7.11. The van der Waals surface area contributed by atoms with Crippen LogP contribution in [0.15, 0.2) is 115 Å². The van der Waals surface area contributed by atoms with E-state index in [0.29, 0.717) is 10.6 Å². The first-order chi connectivity index (χ1) is 16.8. The lowest BCUT2D eigenvalue weighted by atomic mass is 10.0. The number of nitrogens with zero attached hydrogens (tertiary/aromatic N) is 2. The van der Waals surface area contributed by atoms with Crippen LogP contribution < -0.4 is 4.74 Å². The Hall–Kier alpha value is -4.46. The van der Waals surface area contributed by atoms with Gasteiger partial charge in [-0.3, -0.25) is 0 Å². The monoisotopic (exact) mass is 456 g/mol. The van der Waals surface area contributed by atoms with Crippen LogP contribution in [-0.2, 0) is 0 Å². The second-order valence-corrected chi connectivity index (χ2v) is 8.50. The van der Waals surface area contributed by atoms with Gasteiger partial charge in [0, 0.05) is 10.9 Å².